The van der Waals surface area contributed by atoms with E-state index in [0.717, 1.165) is 11.5 Å². The highest BCUT2D eigenvalue weighted by atomic mass is 79.9. The molecule has 2 unspecified atom stereocenters. The van der Waals surface area contributed by atoms with Crippen molar-refractivity contribution in [1.29, 1.82) is 0 Å². The van der Waals surface area contributed by atoms with Crippen molar-refractivity contribution < 1.29 is 18.5 Å². The van der Waals surface area contributed by atoms with E-state index in [1.807, 2.05) is 39.8 Å². The number of amidine groups is 2. The van der Waals surface area contributed by atoms with Gasteiger partial charge in [0.05, 0.1) is 22.1 Å². The lowest BCUT2D eigenvalue weighted by molar-refractivity contribution is -0.125. The number of aliphatic hydroxyl groups is 1. The summed E-state index contributed by atoms with van der Waals surface area (Å²) in [5.74, 6) is 1.50. The Balaban J connectivity index is 1.87. The number of rotatable bonds is 4. The Bertz CT molecular complexity index is 1060. The molecule has 11 heteroatoms. The Morgan fingerprint density at radius 3 is 2.53 bits per heavy atom. The van der Waals surface area contributed by atoms with E-state index in [1.54, 1.807) is 20.2 Å². The Hall–Kier alpha value is -2.40. The first-order valence-electron chi connectivity index (χ1n) is 10.1. The van der Waals surface area contributed by atoms with Crippen LogP contribution >= 0.6 is 15.9 Å². The number of halogens is 1. The fourth-order valence-corrected chi connectivity index (χ4v) is 4.57. The first kappa shape index (κ1) is 24.2. The number of carbonyl (C=O) groups is 1. The third kappa shape index (κ3) is 5.15. The molecule has 3 N–H and O–H groups in total. The van der Waals surface area contributed by atoms with Crippen molar-refractivity contribution in [3.8, 4) is 0 Å². The Kier molecular flexibility index (Phi) is 6.99. The van der Waals surface area contributed by atoms with E-state index in [9.17, 15) is 14.1 Å². The monoisotopic (exact) mass is 525 g/mol. The van der Waals surface area contributed by atoms with Crippen molar-refractivity contribution in [3.63, 3.8) is 0 Å². The quantitative estimate of drug-likeness (QED) is 0.519. The van der Waals surface area contributed by atoms with Crippen LogP contribution in [0.1, 0.15) is 44.8 Å². The minimum Gasteiger partial charge on any atom is -0.505 e. The molecule has 0 aromatic carbocycles. The highest BCUT2D eigenvalue weighted by Gasteiger charge is 2.34. The largest absolute Gasteiger partial charge is 0.505 e. The lowest BCUT2D eigenvalue weighted by Gasteiger charge is -2.31. The molecule has 2 heterocycles. The van der Waals surface area contributed by atoms with Crippen molar-refractivity contribution in [2.45, 2.75) is 45.0 Å². The van der Waals surface area contributed by atoms with E-state index in [4.69, 9.17) is 4.42 Å². The second-order valence-corrected chi connectivity index (χ2v) is 10.8. The number of hydrogen-bond donors (Lipinski definition) is 3. The summed E-state index contributed by atoms with van der Waals surface area (Å²) in [6, 6.07) is 3.50. The highest BCUT2D eigenvalue weighted by Crippen LogP contribution is 2.34. The lowest BCUT2D eigenvalue weighted by Crippen LogP contribution is -2.44. The van der Waals surface area contributed by atoms with Gasteiger partial charge in [-0.25, -0.2) is 4.21 Å². The standard InChI is InChI=1S/C21H28BrN5O4S/c1-11-7-10-14(31-11)17(21(2,3)4)24-19-18(25-32(30)26-19)23-13-9-8-12(22)15(16(13)28)20(29)27(5)6/h7,9-10,12,17,28H,8H2,1-6H3,(H,23,25)(H,24,26)/t12?,17-,32?/m0/s1. The van der Waals surface area contributed by atoms with Crippen LogP contribution in [0, 0.1) is 12.3 Å². The first-order chi connectivity index (χ1) is 14.9. The number of furan rings is 1. The molecule has 0 saturated heterocycles. The fraction of sp³-hybridized carbons (Fsp3) is 0.476. The van der Waals surface area contributed by atoms with Gasteiger partial charge in [0, 0.05) is 14.1 Å². The van der Waals surface area contributed by atoms with Gasteiger partial charge in [-0.1, -0.05) is 42.8 Å². The molecule has 1 aliphatic carbocycles. The number of nitrogens with one attached hydrogen (secondary N) is 2. The Labute approximate surface area is 198 Å². The average molecular weight is 526 g/mol. The average Bonchev–Trinajstić information content (AvgIpc) is 3.26. The van der Waals surface area contributed by atoms with Crippen LogP contribution in [0.25, 0.3) is 0 Å². The Morgan fingerprint density at radius 2 is 1.97 bits per heavy atom. The second-order valence-electron chi connectivity index (χ2n) is 8.91. The molecule has 0 bridgehead atoms. The van der Waals surface area contributed by atoms with E-state index in [1.165, 1.54) is 4.90 Å². The Morgan fingerprint density at radius 1 is 1.31 bits per heavy atom. The molecule has 1 aromatic rings. The third-order valence-corrected chi connectivity index (χ3v) is 6.51. The van der Waals surface area contributed by atoms with Crippen LogP contribution in [0.3, 0.4) is 0 Å². The van der Waals surface area contributed by atoms with Crippen LogP contribution in [0.5, 0.6) is 0 Å². The van der Waals surface area contributed by atoms with Gasteiger partial charge in [0.15, 0.2) is 11.7 Å². The molecule has 0 fully saturated rings. The topological polar surface area (TPSA) is 120 Å². The predicted molar refractivity (Wildman–Crippen MR) is 129 cm³/mol. The van der Waals surface area contributed by atoms with E-state index in [0.29, 0.717) is 12.1 Å². The summed E-state index contributed by atoms with van der Waals surface area (Å²) in [6.07, 6.45) is 2.23. The van der Waals surface area contributed by atoms with Gasteiger partial charge >= 0.3 is 0 Å². The molecule has 0 saturated carbocycles. The summed E-state index contributed by atoms with van der Waals surface area (Å²) in [5.41, 5.74) is 0.284. The van der Waals surface area contributed by atoms with Crippen LogP contribution in [-0.4, -0.2) is 50.7 Å². The van der Waals surface area contributed by atoms with Crippen molar-refractivity contribution >= 4 is 44.7 Å². The molecule has 1 aromatic heterocycles. The van der Waals surface area contributed by atoms with Crippen molar-refractivity contribution in [3.05, 3.63) is 46.8 Å². The first-order valence-corrected chi connectivity index (χ1v) is 12.1. The zero-order valence-corrected chi connectivity index (χ0v) is 21.3. The summed E-state index contributed by atoms with van der Waals surface area (Å²) in [6.45, 7) is 8.01. The summed E-state index contributed by atoms with van der Waals surface area (Å²) < 4.78 is 26.1. The van der Waals surface area contributed by atoms with Crippen LogP contribution in [0.4, 0.5) is 0 Å². The number of amides is 1. The van der Waals surface area contributed by atoms with Gasteiger partial charge in [-0.2, -0.15) is 0 Å². The summed E-state index contributed by atoms with van der Waals surface area (Å²) in [5, 5.41) is 17.1. The molecule has 1 aliphatic heterocycles. The highest BCUT2D eigenvalue weighted by molar-refractivity contribution is 9.09. The van der Waals surface area contributed by atoms with E-state index >= 15 is 0 Å². The maximum absolute atomic E-state index is 12.5. The van der Waals surface area contributed by atoms with Gasteiger partial charge in [-0.3, -0.25) is 4.79 Å². The maximum Gasteiger partial charge on any atom is 0.269 e. The molecular formula is C21H28BrN5O4S. The molecular weight excluding hydrogens is 498 g/mol. The number of alkyl halides is 1. The summed E-state index contributed by atoms with van der Waals surface area (Å²) in [7, 11) is 3.24. The van der Waals surface area contributed by atoms with E-state index in [-0.39, 0.29) is 45.2 Å². The number of hydrogen-bond acceptors (Lipinski definition) is 6. The van der Waals surface area contributed by atoms with Gasteiger partial charge in [-0.15, -0.1) is 8.80 Å². The van der Waals surface area contributed by atoms with Crippen molar-refractivity contribution in [2.75, 3.05) is 14.1 Å². The van der Waals surface area contributed by atoms with Crippen LogP contribution in [0.2, 0.25) is 0 Å². The van der Waals surface area contributed by atoms with Crippen molar-refractivity contribution in [1.82, 2.24) is 15.5 Å². The van der Waals surface area contributed by atoms with Crippen LogP contribution in [0.15, 0.2) is 48.5 Å². The number of carbonyl (C=O) groups excluding carboxylic acids is 1. The maximum atomic E-state index is 12.5. The molecule has 0 spiro atoms. The van der Waals surface area contributed by atoms with Gasteiger partial charge in [0.1, 0.15) is 17.3 Å². The molecule has 32 heavy (non-hydrogen) atoms. The van der Waals surface area contributed by atoms with Gasteiger partial charge < -0.3 is 25.1 Å². The molecule has 3 rings (SSSR count). The van der Waals surface area contributed by atoms with Gasteiger partial charge in [0.25, 0.3) is 17.1 Å². The number of allylic oxidation sites excluding steroid dienone is 1. The zero-order valence-electron chi connectivity index (χ0n) is 18.9. The SMILES string of the molecule is Cc1ccc([C@H](NC2=NS(=O)N=C2NC2=CCC(Br)C(C(=O)N(C)C)=C2O)C(C)(C)C)o1. The number of aliphatic hydroxyl groups excluding tert-OH is 1. The fourth-order valence-electron chi connectivity index (χ4n) is 3.34. The summed E-state index contributed by atoms with van der Waals surface area (Å²) >= 11 is 1.63. The van der Waals surface area contributed by atoms with E-state index in [2.05, 4.69) is 35.4 Å². The minimum absolute atomic E-state index is 0.189. The zero-order chi connectivity index (χ0) is 23.8. The molecule has 174 valence electrons. The van der Waals surface area contributed by atoms with Crippen LogP contribution in [-0.2, 0) is 16.0 Å². The summed E-state index contributed by atoms with van der Waals surface area (Å²) in [4.78, 5) is 13.6. The van der Waals surface area contributed by atoms with Gasteiger partial charge in [0.2, 0.25) is 0 Å². The van der Waals surface area contributed by atoms with E-state index < -0.39 is 11.2 Å². The molecule has 2 aliphatic rings. The lowest BCUT2D eigenvalue weighted by atomic mass is 9.85. The van der Waals surface area contributed by atoms with Gasteiger partial charge in [-0.05, 0) is 30.9 Å². The van der Waals surface area contributed by atoms with Crippen molar-refractivity contribution in [2.24, 2.45) is 14.2 Å². The normalized spacial score (nSPS) is 22.2. The predicted octanol–water partition coefficient (Wildman–Crippen LogP) is 3.20. The minimum atomic E-state index is -1.81. The van der Waals surface area contributed by atoms with Crippen LogP contribution < -0.4 is 10.6 Å². The smallest absolute Gasteiger partial charge is 0.269 e. The third-order valence-electron chi connectivity index (χ3n) is 5.00. The molecule has 1 amide bonds. The number of aryl methyl sites for hydroxylation is 1. The molecule has 3 atom stereocenters. The second kappa shape index (κ2) is 9.22. The number of likely N-dealkylation sites (N-methyl/N-ethyl adjacent to an activating group) is 1. The molecule has 0 radical (unpaired) electrons. The number of nitrogens with zero attached hydrogens (tertiary/aromatic N) is 3. The molecule has 9 nitrogen and oxygen atoms in total.